The van der Waals surface area contributed by atoms with Gasteiger partial charge in [-0.05, 0) is 49.2 Å². The summed E-state index contributed by atoms with van der Waals surface area (Å²) < 4.78 is 0. The number of nitrogens with zero attached hydrogens (tertiary/aromatic N) is 3. The SMILES string of the molecule is CCN(CC)C(=O)c1ccc(CNC(=NC)NCc2ccc(C(=O)N(C)C)cc2)cc1. The zero-order valence-electron chi connectivity index (χ0n) is 19.1. The Labute approximate surface area is 185 Å². The van der Waals surface area contributed by atoms with Gasteiger partial charge in [-0.2, -0.15) is 0 Å². The molecule has 2 aromatic rings. The van der Waals surface area contributed by atoms with Crippen LogP contribution >= 0.6 is 0 Å². The molecule has 0 aromatic heterocycles. The van der Waals surface area contributed by atoms with Crippen LogP contribution in [0.15, 0.2) is 53.5 Å². The summed E-state index contributed by atoms with van der Waals surface area (Å²) in [6.45, 7) is 6.56. The third-order valence-corrected chi connectivity index (χ3v) is 5.00. The molecular formula is C24H33N5O2. The maximum atomic E-state index is 12.4. The van der Waals surface area contributed by atoms with Gasteiger partial charge in [-0.15, -0.1) is 0 Å². The Morgan fingerprint density at radius 1 is 0.774 bits per heavy atom. The van der Waals surface area contributed by atoms with E-state index >= 15 is 0 Å². The van der Waals surface area contributed by atoms with Crippen LogP contribution in [0.1, 0.15) is 45.7 Å². The van der Waals surface area contributed by atoms with E-state index in [1.807, 2.05) is 67.3 Å². The molecule has 0 heterocycles. The van der Waals surface area contributed by atoms with Crippen LogP contribution in [0, 0.1) is 0 Å². The first-order valence-electron chi connectivity index (χ1n) is 10.5. The number of carbonyl (C=O) groups is 2. The molecule has 0 saturated heterocycles. The number of guanidine groups is 1. The van der Waals surface area contributed by atoms with E-state index in [-0.39, 0.29) is 11.8 Å². The normalized spacial score (nSPS) is 11.1. The molecule has 31 heavy (non-hydrogen) atoms. The predicted molar refractivity (Wildman–Crippen MR) is 125 cm³/mol. The van der Waals surface area contributed by atoms with Crippen LogP contribution in [0.2, 0.25) is 0 Å². The summed E-state index contributed by atoms with van der Waals surface area (Å²) >= 11 is 0. The number of rotatable bonds is 8. The Bertz CT molecular complexity index is 885. The molecule has 0 bridgehead atoms. The number of benzene rings is 2. The summed E-state index contributed by atoms with van der Waals surface area (Å²) in [5.41, 5.74) is 3.48. The number of nitrogens with one attached hydrogen (secondary N) is 2. The second kappa shape index (κ2) is 11.7. The van der Waals surface area contributed by atoms with Gasteiger partial charge in [0, 0.05) is 58.4 Å². The van der Waals surface area contributed by atoms with Gasteiger partial charge in [0.2, 0.25) is 0 Å². The molecule has 0 atom stereocenters. The highest BCUT2D eigenvalue weighted by Gasteiger charge is 2.12. The smallest absolute Gasteiger partial charge is 0.253 e. The summed E-state index contributed by atoms with van der Waals surface area (Å²) in [5.74, 6) is 0.721. The molecular weight excluding hydrogens is 390 g/mol. The molecule has 2 rings (SSSR count). The maximum Gasteiger partial charge on any atom is 0.253 e. The maximum absolute atomic E-state index is 12.4. The Kier molecular flexibility index (Phi) is 9.06. The Morgan fingerprint density at radius 2 is 1.19 bits per heavy atom. The van der Waals surface area contributed by atoms with Gasteiger partial charge in [0.1, 0.15) is 0 Å². The van der Waals surface area contributed by atoms with E-state index in [1.165, 1.54) is 0 Å². The molecule has 7 heteroatoms. The molecule has 0 unspecified atom stereocenters. The lowest BCUT2D eigenvalue weighted by molar-refractivity contribution is 0.0772. The molecule has 0 radical (unpaired) electrons. The zero-order valence-corrected chi connectivity index (χ0v) is 19.1. The van der Waals surface area contributed by atoms with Gasteiger partial charge in [-0.25, -0.2) is 0 Å². The lowest BCUT2D eigenvalue weighted by Gasteiger charge is -2.18. The van der Waals surface area contributed by atoms with Gasteiger partial charge in [0.15, 0.2) is 5.96 Å². The van der Waals surface area contributed by atoms with E-state index in [0.717, 1.165) is 11.1 Å². The molecule has 2 N–H and O–H groups in total. The lowest BCUT2D eigenvalue weighted by Crippen LogP contribution is -2.36. The number of amides is 2. The van der Waals surface area contributed by atoms with Crippen LogP contribution in [-0.4, -0.2) is 61.8 Å². The van der Waals surface area contributed by atoms with E-state index < -0.39 is 0 Å². The highest BCUT2D eigenvalue weighted by atomic mass is 16.2. The summed E-state index contributed by atoms with van der Waals surface area (Å²) in [6.07, 6.45) is 0. The largest absolute Gasteiger partial charge is 0.352 e. The number of carbonyl (C=O) groups excluding carboxylic acids is 2. The standard InChI is InChI=1S/C24H33N5O2/c1-6-29(7-2)23(31)21-14-10-19(11-15-21)17-27-24(25-3)26-16-18-8-12-20(13-9-18)22(30)28(4)5/h8-15H,6-7,16-17H2,1-5H3,(H2,25,26,27). The first-order chi connectivity index (χ1) is 14.9. The van der Waals surface area contributed by atoms with Crippen LogP contribution in [0.25, 0.3) is 0 Å². The minimum atomic E-state index is -0.0122. The average molecular weight is 424 g/mol. The van der Waals surface area contributed by atoms with Gasteiger partial charge in [0.25, 0.3) is 11.8 Å². The molecule has 0 aliphatic carbocycles. The van der Waals surface area contributed by atoms with Crippen molar-refractivity contribution in [2.75, 3.05) is 34.2 Å². The van der Waals surface area contributed by atoms with Gasteiger partial charge in [0.05, 0.1) is 0 Å². The quantitative estimate of drug-likeness (QED) is 0.506. The van der Waals surface area contributed by atoms with E-state index in [4.69, 9.17) is 0 Å². The fourth-order valence-corrected chi connectivity index (χ4v) is 3.07. The highest BCUT2D eigenvalue weighted by molar-refractivity contribution is 5.94. The highest BCUT2D eigenvalue weighted by Crippen LogP contribution is 2.09. The van der Waals surface area contributed by atoms with Crippen LogP contribution < -0.4 is 10.6 Å². The minimum Gasteiger partial charge on any atom is -0.352 e. The van der Waals surface area contributed by atoms with Crippen molar-refractivity contribution < 1.29 is 9.59 Å². The molecule has 166 valence electrons. The van der Waals surface area contributed by atoms with Gasteiger partial charge in [-0.1, -0.05) is 24.3 Å². The third-order valence-electron chi connectivity index (χ3n) is 5.00. The first-order valence-corrected chi connectivity index (χ1v) is 10.5. The van der Waals surface area contributed by atoms with E-state index in [2.05, 4.69) is 15.6 Å². The van der Waals surface area contributed by atoms with E-state index in [9.17, 15) is 9.59 Å². The molecule has 7 nitrogen and oxygen atoms in total. The monoisotopic (exact) mass is 423 g/mol. The van der Waals surface area contributed by atoms with Crippen molar-refractivity contribution in [3.63, 3.8) is 0 Å². The first kappa shape index (κ1) is 23.9. The average Bonchev–Trinajstić information content (AvgIpc) is 2.80. The Morgan fingerprint density at radius 3 is 1.55 bits per heavy atom. The molecule has 2 amide bonds. The topological polar surface area (TPSA) is 77.0 Å². The van der Waals surface area contributed by atoms with E-state index in [1.54, 1.807) is 26.0 Å². The summed E-state index contributed by atoms with van der Waals surface area (Å²) in [4.78, 5) is 32.0. The van der Waals surface area contributed by atoms with Crippen molar-refractivity contribution in [2.24, 2.45) is 4.99 Å². The summed E-state index contributed by atoms with van der Waals surface area (Å²) in [5, 5.41) is 6.55. The van der Waals surface area contributed by atoms with Crippen molar-refractivity contribution >= 4 is 17.8 Å². The number of hydrogen-bond donors (Lipinski definition) is 2. The van der Waals surface area contributed by atoms with Crippen LogP contribution in [0.3, 0.4) is 0 Å². The van der Waals surface area contributed by atoms with Crippen molar-refractivity contribution in [1.29, 1.82) is 0 Å². The summed E-state index contributed by atoms with van der Waals surface area (Å²) in [7, 11) is 5.20. The molecule has 2 aromatic carbocycles. The second-order valence-electron chi connectivity index (χ2n) is 7.35. The second-order valence-corrected chi connectivity index (χ2v) is 7.35. The van der Waals surface area contributed by atoms with Gasteiger partial charge < -0.3 is 20.4 Å². The van der Waals surface area contributed by atoms with Gasteiger partial charge >= 0.3 is 0 Å². The Balaban J connectivity index is 1.87. The molecule has 0 aliphatic heterocycles. The molecule has 0 aliphatic rings. The van der Waals surface area contributed by atoms with Gasteiger partial charge in [-0.3, -0.25) is 14.6 Å². The number of aliphatic imine (C=N–C) groups is 1. The molecule has 0 saturated carbocycles. The third kappa shape index (κ3) is 6.84. The zero-order chi connectivity index (χ0) is 22.8. The lowest BCUT2D eigenvalue weighted by atomic mass is 10.1. The summed E-state index contributed by atoms with van der Waals surface area (Å²) in [6, 6.07) is 15.2. The number of hydrogen-bond acceptors (Lipinski definition) is 3. The van der Waals surface area contributed by atoms with Crippen LogP contribution in [0.4, 0.5) is 0 Å². The fraction of sp³-hybridized carbons (Fsp3) is 0.375. The van der Waals surface area contributed by atoms with Crippen molar-refractivity contribution in [2.45, 2.75) is 26.9 Å². The molecule has 0 fully saturated rings. The van der Waals surface area contributed by atoms with Crippen LogP contribution in [-0.2, 0) is 13.1 Å². The van der Waals surface area contributed by atoms with Crippen molar-refractivity contribution in [1.82, 2.24) is 20.4 Å². The molecule has 0 spiro atoms. The predicted octanol–water partition coefficient (Wildman–Crippen LogP) is 2.74. The minimum absolute atomic E-state index is 0.0122. The Hall–Kier alpha value is -3.35. The van der Waals surface area contributed by atoms with Crippen molar-refractivity contribution in [3.8, 4) is 0 Å². The fourth-order valence-electron chi connectivity index (χ4n) is 3.07. The van der Waals surface area contributed by atoms with Crippen LogP contribution in [0.5, 0.6) is 0 Å². The van der Waals surface area contributed by atoms with Crippen molar-refractivity contribution in [3.05, 3.63) is 70.8 Å². The van der Waals surface area contributed by atoms with E-state index in [0.29, 0.717) is 43.3 Å².